The third-order valence-corrected chi connectivity index (χ3v) is 5.94. The van der Waals surface area contributed by atoms with Crippen molar-refractivity contribution in [2.24, 2.45) is 0 Å². The van der Waals surface area contributed by atoms with E-state index in [9.17, 15) is 14.7 Å². The molecule has 0 bridgehead atoms. The first-order valence-corrected chi connectivity index (χ1v) is 10.0. The maximum Gasteiger partial charge on any atom is 0.303 e. The van der Waals surface area contributed by atoms with Crippen molar-refractivity contribution in [2.75, 3.05) is 25.0 Å². The number of nitrogens with zero attached hydrogens (tertiary/aromatic N) is 1. The molecule has 0 aliphatic carbocycles. The summed E-state index contributed by atoms with van der Waals surface area (Å²) in [5.41, 5.74) is 1.50. The number of ether oxygens (including phenoxy) is 1. The first-order valence-electron chi connectivity index (χ1n) is 8.79. The van der Waals surface area contributed by atoms with E-state index in [1.807, 2.05) is 19.2 Å². The highest BCUT2D eigenvalue weighted by atomic mass is 35.5. The fourth-order valence-corrected chi connectivity index (χ4v) is 4.65. The van der Waals surface area contributed by atoms with Crippen LogP contribution in [0.4, 0.5) is 5.69 Å². The summed E-state index contributed by atoms with van der Waals surface area (Å²) in [6.07, 6.45) is -1.00. The number of carbonyl (C=O) groups excluding carboxylic acids is 2. The fourth-order valence-electron chi connectivity index (χ4n) is 3.06. The van der Waals surface area contributed by atoms with Crippen LogP contribution in [0.2, 0.25) is 5.02 Å². The third kappa shape index (κ3) is 4.43. The minimum absolute atomic E-state index is 0.122. The van der Waals surface area contributed by atoms with Gasteiger partial charge in [0.1, 0.15) is 5.75 Å². The lowest BCUT2D eigenvalue weighted by atomic mass is 10.1. The Kier molecular flexibility index (Phi) is 6.49. The molecule has 1 aliphatic rings. The molecule has 0 saturated heterocycles. The zero-order valence-corrected chi connectivity index (χ0v) is 17.1. The van der Waals surface area contributed by atoms with Crippen molar-refractivity contribution in [3.05, 3.63) is 53.1 Å². The molecule has 2 aromatic carbocycles. The number of aromatic hydroxyl groups is 1. The van der Waals surface area contributed by atoms with Crippen molar-refractivity contribution >= 4 is 40.9 Å². The van der Waals surface area contributed by atoms with Crippen LogP contribution in [0.25, 0.3) is 0 Å². The van der Waals surface area contributed by atoms with Crippen LogP contribution in [0, 0.1) is 0 Å². The molecule has 0 radical (unpaired) electrons. The molecule has 2 atom stereocenters. The quantitative estimate of drug-likeness (QED) is 0.722. The summed E-state index contributed by atoms with van der Waals surface area (Å²) in [6.45, 7) is 2.29. The molecular weight excluding hydrogens is 400 g/mol. The van der Waals surface area contributed by atoms with Gasteiger partial charge in [0.2, 0.25) is 0 Å². The van der Waals surface area contributed by atoms with E-state index in [1.165, 1.54) is 18.7 Å². The van der Waals surface area contributed by atoms with Gasteiger partial charge in [-0.15, -0.1) is 11.8 Å². The zero-order chi connectivity index (χ0) is 20.3. The van der Waals surface area contributed by atoms with Gasteiger partial charge in [-0.1, -0.05) is 23.7 Å². The van der Waals surface area contributed by atoms with Gasteiger partial charge in [-0.3, -0.25) is 9.59 Å². The molecule has 0 aromatic heterocycles. The van der Waals surface area contributed by atoms with Crippen LogP contribution in [0.3, 0.4) is 0 Å². The number of hydrogen-bond donors (Lipinski definition) is 2. The van der Waals surface area contributed by atoms with Gasteiger partial charge in [0.25, 0.3) is 5.91 Å². The summed E-state index contributed by atoms with van der Waals surface area (Å²) in [4.78, 5) is 27.6. The number of phenolic OH excluding ortho intramolecular Hbond substituents is 1. The Morgan fingerprint density at radius 2 is 2.00 bits per heavy atom. The number of hydrogen-bond acceptors (Lipinski definition) is 6. The highest BCUT2D eigenvalue weighted by Gasteiger charge is 2.40. The summed E-state index contributed by atoms with van der Waals surface area (Å²) in [6, 6.07) is 11.9. The van der Waals surface area contributed by atoms with E-state index >= 15 is 0 Å². The number of carbonyl (C=O) groups is 2. The lowest BCUT2D eigenvalue weighted by molar-refractivity contribution is -0.152. The summed E-state index contributed by atoms with van der Waals surface area (Å²) in [5, 5.41) is 12.7. The van der Waals surface area contributed by atoms with Crippen molar-refractivity contribution in [3.63, 3.8) is 0 Å². The predicted molar refractivity (Wildman–Crippen MR) is 110 cm³/mol. The normalized spacial score (nSPS) is 19.1. The number of anilines is 1. The number of esters is 1. The fraction of sp³-hybridized carbons (Fsp3) is 0.300. The molecule has 1 amide bonds. The molecule has 1 heterocycles. The molecule has 6 nitrogen and oxygen atoms in total. The second-order valence-electron chi connectivity index (χ2n) is 6.37. The van der Waals surface area contributed by atoms with Crippen LogP contribution in [0.1, 0.15) is 17.7 Å². The van der Waals surface area contributed by atoms with E-state index in [0.717, 1.165) is 16.1 Å². The number of likely N-dealkylation sites (N-methyl/N-ethyl adjacent to an activating group) is 1. The van der Waals surface area contributed by atoms with Crippen LogP contribution < -0.4 is 10.2 Å². The minimum atomic E-state index is -1.00. The molecule has 28 heavy (non-hydrogen) atoms. The van der Waals surface area contributed by atoms with E-state index in [4.69, 9.17) is 16.3 Å². The Morgan fingerprint density at radius 3 is 2.64 bits per heavy atom. The van der Waals surface area contributed by atoms with Gasteiger partial charge in [-0.05, 0) is 42.9 Å². The summed E-state index contributed by atoms with van der Waals surface area (Å²) in [5.74, 6) is -0.700. The van der Waals surface area contributed by atoms with Gasteiger partial charge in [-0.25, -0.2) is 0 Å². The average Bonchev–Trinajstić information content (AvgIpc) is 2.76. The molecule has 148 valence electrons. The number of halogens is 1. The maximum atomic E-state index is 13.4. The van der Waals surface area contributed by atoms with Gasteiger partial charge >= 0.3 is 5.97 Å². The second-order valence-corrected chi connectivity index (χ2v) is 7.99. The topological polar surface area (TPSA) is 78.9 Å². The summed E-state index contributed by atoms with van der Waals surface area (Å²) < 4.78 is 5.49. The molecule has 2 unspecified atom stereocenters. The predicted octanol–water partition coefficient (Wildman–Crippen LogP) is 3.38. The van der Waals surface area contributed by atoms with Crippen molar-refractivity contribution < 1.29 is 19.4 Å². The molecule has 3 rings (SSSR count). The lowest BCUT2D eigenvalue weighted by Crippen LogP contribution is -2.45. The molecular formula is C20H21ClN2O4S. The van der Waals surface area contributed by atoms with Crippen LogP contribution in [0.5, 0.6) is 5.75 Å². The molecule has 2 aromatic rings. The van der Waals surface area contributed by atoms with Crippen molar-refractivity contribution in [1.29, 1.82) is 0 Å². The van der Waals surface area contributed by atoms with Crippen LogP contribution >= 0.6 is 23.4 Å². The molecule has 2 N–H and O–H groups in total. The monoisotopic (exact) mass is 420 g/mol. The van der Waals surface area contributed by atoms with Crippen LogP contribution in [-0.4, -0.2) is 43.2 Å². The number of rotatable bonds is 5. The Bertz CT molecular complexity index is 875. The van der Waals surface area contributed by atoms with E-state index in [1.54, 1.807) is 35.2 Å². The number of fused-ring (bicyclic) bond motifs is 1. The van der Waals surface area contributed by atoms with Gasteiger partial charge < -0.3 is 20.1 Å². The average molecular weight is 421 g/mol. The van der Waals surface area contributed by atoms with Gasteiger partial charge in [-0.2, -0.15) is 0 Å². The number of thioether (sulfide) groups is 1. The number of benzene rings is 2. The van der Waals surface area contributed by atoms with Gasteiger partial charge in [0.15, 0.2) is 6.10 Å². The van der Waals surface area contributed by atoms with Crippen LogP contribution in [0.15, 0.2) is 47.4 Å². The van der Waals surface area contributed by atoms with E-state index < -0.39 is 17.3 Å². The Hall–Kier alpha value is -2.22. The Labute approximate surface area is 172 Å². The standard InChI is InChI=1S/C20H21ClN2O4S/c1-12(24)27-18-19(13-3-6-15(25)7-4-13)28-17-11-14(21)5-8-16(17)23(20(18)26)10-9-22-2/h3-8,11,18-19,22,25H,9-10H2,1-2H3. The minimum Gasteiger partial charge on any atom is -0.508 e. The second kappa shape index (κ2) is 8.86. The van der Waals surface area contributed by atoms with Crippen molar-refractivity contribution in [3.8, 4) is 5.75 Å². The summed E-state index contributed by atoms with van der Waals surface area (Å²) >= 11 is 7.62. The Morgan fingerprint density at radius 1 is 1.29 bits per heavy atom. The highest BCUT2D eigenvalue weighted by molar-refractivity contribution is 7.99. The number of phenols is 1. The molecule has 0 fully saturated rings. The SMILES string of the molecule is CNCCN1C(=O)C(OC(C)=O)C(c2ccc(O)cc2)Sc2cc(Cl)ccc21. The smallest absolute Gasteiger partial charge is 0.303 e. The summed E-state index contributed by atoms with van der Waals surface area (Å²) in [7, 11) is 1.81. The van der Waals surface area contributed by atoms with Crippen molar-refractivity contribution in [2.45, 2.75) is 23.2 Å². The maximum absolute atomic E-state index is 13.4. The van der Waals surface area contributed by atoms with E-state index in [0.29, 0.717) is 18.1 Å². The zero-order valence-electron chi connectivity index (χ0n) is 15.5. The number of amides is 1. The van der Waals surface area contributed by atoms with E-state index in [2.05, 4.69) is 5.32 Å². The highest BCUT2D eigenvalue weighted by Crippen LogP contribution is 2.47. The first-order chi connectivity index (χ1) is 13.4. The van der Waals surface area contributed by atoms with E-state index in [-0.39, 0.29) is 11.7 Å². The van der Waals surface area contributed by atoms with Crippen molar-refractivity contribution in [1.82, 2.24) is 5.32 Å². The lowest BCUT2D eigenvalue weighted by Gasteiger charge is -2.27. The molecule has 0 saturated carbocycles. The van der Waals surface area contributed by atoms with Gasteiger partial charge in [0.05, 0.1) is 10.9 Å². The third-order valence-electron chi connectivity index (χ3n) is 4.35. The Balaban J connectivity index is 2.11. The molecule has 8 heteroatoms. The first kappa shape index (κ1) is 20.5. The number of nitrogens with one attached hydrogen (secondary N) is 1. The largest absolute Gasteiger partial charge is 0.508 e. The molecule has 0 spiro atoms. The molecule has 1 aliphatic heterocycles. The van der Waals surface area contributed by atoms with Crippen LogP contribution in [-0.2, 0) is 14.3 Å². The van der Waals surface area contributed by atoms with Gasteiger partial charge in [0, 0.05) is 29.9 Å².